The van der Waals surface area contributed by atoms with Crippen molar-refractivity contribution in [3.8, 4) is 0 Å². The molecule has 0 saturated carbocycles. The summed E-state index contributed by atoms with van der Waals surface area (Å²) in [7, 11) is 0. The fourth-order valence-electron chi connectivity index (χ4n) is 3.95. The van der Waals surface area contributed by atoms with Gasteiger partial charge in [-0.3, -0.25) is 0 Å². The lowest BCUT2D eigenvalue weighted by Crippen LogP contribution is -2.46. The minimum atomic E-state index is -4.54. The highest BCUT2D eigenvalue weighted by Gasteiger charge is 2.43. The van der Waals surface area contributed by atoms with E-state index in [1.165, 1.54) is 6.20 Å². The van der Waals surface area contributed by atoms with Crippen LogP contribution in [0.4, 0.5) is 23.7 Å². The highest BCUT2D eigenvalue weighted by molar-refractivity contribution is 5.68. The minimum absolute atomic E-state index is 0.0631. The topological polar surface area (TPSA) is 58.6 Å². The van der Waals surface area contributed by atoms with Crippen LogP contribution in [0, 0.1) is 12.3 Å². The summed E-state index contributed by atoms with van der Waals surface area (Å²) in [5, 5.41) is 0. The van der Waals surface area contributed by atoms with Gasteiger partial charge in [-0.15, -0.1) is 0 Å². The Bertz CT molecular complexity index is 738. The van der Waals surface area contributed by atoms with E-state index in [0.29, 0.717) is 24.5 Å². The number of amides is 1. The van der Waals surface area contributed by atoms with E-state index >= 15 is 0 Å². The molecule has 3 rings (SSSR count). The van der Waals surface area contributed by atoms with Gasteiger partial charge in [0.15, 0.2) is 0 Å². The number of carbonyl (C=O) groups excluding carboxylic acids is 1. The number of likely N-dealkylation sites (tertiary alicyclic amines) is 1. The Morgan fingerprint density at radius 3 is 2.29 bits per heavy atom. The van der Waals surface area contributed by atoms with Crippen LogP contribution < -0.4 is 4.90 Å². The number of hydrogen-bond donors (Lipinski definition) is 0. The van der Waals surface area contributed by atoms with Gasteiger partial charge in [-0.05, 0) is 52.4 Å². The average molecular weight is 400 g/mol. The largest absolute Gasteiger partial charge is 0.451 e. The lowest BCUT2D eigenvalue weighted by Gasteiger charge is -2.39. The fourth-order valence-corrected chi connectivity index (χ4v) is 3.95. The highest BCUT2D eigenvalue weighted by Crippen LogP contribution is 2.42. The summed E-state index contributed by atoms with van der Waals surface area (Å²) in [5.74, 6) is -1.10. The van der Waals surface area contributed by atoms with E-state index in [9.17, 15) is 18.0 Å². The lowest BCUT2D eigenvalue weighted by molar-refractivity contribution is -0.145. The van der Waals surface area contributed by atoms with Gasteiger partial charge >= 0.3 is 12.3 Å². The first-order chi connectivity index (χ1) is 12.9. The normalized spacial score (nSPS) is 20.0. The third kappa shape index (κ3) is 4.50. The van der Waals surface area contributed by atoms with Crippen molar-refractivity contribution in [1.82, 2.24) is 14.9 Å². The number of ether oxygens (including phenoxy) is 1. The maximum absolute atomic E-state index is 12.8. The van der Waals surface area contributed by atoms with Crippen molar-refractivity contribution in [1.29, 1.82) is 0 Å². The minimum Gasteiger partial charge on any atom is -0.444 e. The number of piperidine rings is 1. The van der Waals surface area contributed by atoms with Crippen LogP contribution in [-0.2, 0) is 10.9 Å². The summed E-state index contributed by atoms with van der Waals surface area (Å²) < 4.78 is 43.8. The molecule has 1 amide bonds. The second-order valence-corrected chi connectivity index (χ2v) is 8.80. The van der Waals surface area contributed by atoms with E-state index in [1.54, 1.807) is 11.8 Å². The molecule has 1 spiro atoms. The molecule has 0 aromatic carbocycles. The van der Waals surface area contributed by atoms with Crippen LogP contribution in [0.15, 0.2) is 6.20 Å². The fraction of sp³-hybridized carbons (Fsp3) is 0.737. The molecule has 0 atom stereocenters. The van der Waals surface area contributed by atoms with Crippen molar-refractivity contribution < 1.29 is 22.7 Å². The van der Waals surface area contributed by atoms with Crippen LogP contribution in [0.5, 0.6) is 0 Å². The average Bonchev–Trinajstić information content (AvgIpc) is 2.96. The Kier molecular flexibility index (Phi) is 5.22. The first-order valence-corrected chi connectivity index (χ1v) is 9.52. The first kappa shape index (κ1) is 20.7. The van der Waals surface area contributed by atoms with Crippen molar-refractivity contribution >= 4 is 11.8 Å². The van der Waals surface area contributed by atoms with Gasteiger partial charge in [-0.25, -0.2) is 14.8 Å². The predicted molar refractivity (Wildman–Crippen MR) is 98.1 cm³/mol. The summed E-state index contributed by atoms with van der Waals surface area (Å²) in [6, 6.07) is 0. The number of nitrogens with zero attached hydrogens (tertiary/aromatic N) is 4. The van der Waals surface area contributed by atoms with Gasteiger partial charge in [0.1, 0.15) is 5.60 Å². The molecule has 9 heteroatoms. The van der Waals surface area contributed by atoms with Crippen LogP contribution in [0.1, 0.15) is 51.6 Å². The molecule has 0 bridgehead atoms. The van der Waals surface area contributed by atoms with Crippen molar-refractivity contribution in [3.63, 3.8) is 0 Å². The molecule has 0 unspecified atom stereocenters. The SMILES string of the molecule is Cc1nc(C(F)(F)F)ncc1N1CCC2(CCN(C(=O)OC(C)(C)C)CC2)C1. The molecule has 2 fully saturated rings. The molecule has 156 valence electrons. The maximum Gasteiger partial charge on any atom is 0.451 e. The Morgan fingerprint density at radius 2 is 1.75 bits per heavy atom. The zero-order valence-electron chi connectivity index (χ0n) is 16.8. The van der Waals surface area contributed by atoms with Crippen LogP contribution in [0.3, 0.4) is 0 Å². The smallest absolute Gasteiger partial charge is 0.444 e. The number of hydrogen-bond acceptors (Lipinski definition) is 5. The van der Waals surface area contributed by atoms with E-state index in [1.807, 2.05) is 20.8 Å². The molecule has 1 aromatic rings. The van der Waals surface area contributed by atoms with Crippen LogP contribution >= 0.6 is 0 Å². The molecule has 2 aliphatic rings. The predicted octanol–water partition coefficient (Wildman–Crippen LogP) is 4.03. The molecule has 6 nitrogen and oxygen atoms in total. The summed E-state index contributed by atoms with van der Waals surface area (Å²) in [4.78, 5) is 23.2. The molecule has 3 heterocycles. The molecular formula is C19H27F3N4O2. The summed E-state index contributed by atoms with van der Waals surface area (Å²) in [6.45, 7) is 9.88. The van der Waals surface area contributed by atoms with Crippen molar-refractivity contribution in [2.45, 2.75) is 58.7 Å². The molecule has 2 saturated heterocycles. The zero-order chi connectivity index (χ0) is 20.7. The van der Waals surface area contributed by atoms with Gasteiger partial charge in [0.05, 0.1) is 17.6 Å². The van der Waals surface area contributed by atoms with E-state index in [-0.39, 0.29) is 11.5 Å². The molecule has 2 aliphatic heterocycles. The third-order valence-electron chi connectivity index (χ3n) is 5.46. The highest BCUT2D eigenvalue weighted by atomic mass is 19.4. The molecule has 28 heavy (non-hydrogen) atoms. The number of aromatic nitrogens is 2. The quantitative estimate of drug-likeness (QED) is 0.712. The number of alkyl halides is 3. The Labute approximate surface area is 163 Å². The molecule has 0 radical (unpaired) electrons. The molecular weight excluding hydrogens is 373 g/mol. The third-order valence-corrected chi connectivity index (χ3v) is 5.46. The maximum atomic E-state index is 12.8. The zero-order valence-corrected chi connectivity index (χ0v) is 16.8. The molecule has 0 aliphatic carbocycles. The summed E-state index contributed by atoms with van der Waals surface area (Å²) >= 11 is 0. The number of rotatable bonds is 1. The van der Waals surface area contributed by atoms with E-state index in [4.69, 9.17) is 4.74 Å². The van der Waals surface area contributed by atoms with Gasteiger partial charge in [-0.2, -0.15) is 13.2 Å². The van der Waals surface area contributed by atoms with Gasteiger partial charge in [0.25, 0.3) is 0 Å². The van der Waals surface area contributed by atoms with Crippen LogP contribution in [0.25, 0.3) is 0 Å². The van der Waals surface area contributed by atoms with E-state index < -0.39 is 17.6 Å². The van der Waals surface area contributed by atoms with Gasteiger partial charge < -0.3 is 14.5 Å². The van der Waals surface area contributed by atoms with E-state index in [0.717, 1.165) is 32.4 Å². The number of aryl methyl sites for hydroxylation is 1. The second kappa shape index (κ2) is 7.08. The number of anilines is 1. The Hall–Kier alpha value is -2.06. The summed E-state index contributed by atoms with van der Waals surface area (Å²) in [5.41, 5.74) is 0.537. The van der Waals surface area contributed by atoms with Gasteiger partial charge in [-0.1, -0.05) is 0 Å². The summed E-state index contributed by atoms with van der Waals surface area (Å²) in [6.07, 6.45) is -0.907. The monoisotopic (exact) mass is 400 g/mol. The molecule has 0 N–H and O–H groups in total. The van der Waals surface area contributed by atoms with Crippen molar-refractivity contribution in [3.05, 3.63) is 17.7 Å². The number of halogens is 3. The van der Waals surface area contributed by atoms with E-state index in [2.05, 4.69) is 14.9 Å². The first-order valence-electron chi connectivity index (χ1n) is 9.52. The van der Waals surface area contributed by atoms with Gasteiger partial charge in [0.2, 0.25) is 5.82 Å². The van der Waals surface area contributed by atoms with Crippen molar-refractivity contribution in [2.75, 3.05) is 31.1 Å². The Balaban J connectivity index is 1.63. The van der Waals surface area contributed by atoms with Crippen molar-refractivity contribution in [2.24, 2.45) is 5.41 Å². The van der Waals surface area contributed by atoms with Crippen LogP contribution in [0.2, 0.25) is 0 Å². The Morgan fingerprint density at radius 1 is 1.14 bits per heavy atom. The van der Waals surface area contributed by atoms with Gasteiger partial charge in [0, 0.05) is 26.2 Å². The number of carbonyl (C=O) groups is 1. The second-order valence-electron chi connectivity index (χ2n) is 8.80. The standard InChI is InChI=1S/C19H27F3N4O2/c1-13-14(11-23-15(24-13)19(20,21)22)26-10-7-18(12-26)5-8-25(9-6-18)16(27)28-17(2,3)4/h11H,5-10,12H2,1-4H3. The lowest BCUT2D eigenvalue weighted by atomic mass is 9.78. The van der Waals surface area contributed by atoms with Crippen LogP contribution in [-0.4, -0.2) is 52.7 Å². The molecule has 1 aromatic heterocycles.